The number of nitrogens with one attached hydrogen (secondary N) is 2. The van der Waals surface area contributed by atoms with Gasteiger partial charge >= 0.3 is 17.5 Å². The van der Waals surface area contributed by atoms with Gasteiger partial charge in [-0.1, -0.05) is 11.2 Å². The topological polar surface area (TPSA) is 244 Å². The molecule has 3 aliphatic heterocycles. The molecule has 1 aromatic carbocycles. The lowest BCUT2D eigenvalue weighted by molar-refractivity contribution is -0.686. The van der Waals surface area contributed by atoms with Crippen molar-refractivity contribution in [2.24, 2.45) is 5.16 Å². The molecule has 4 unspecified atom stereocenters. The van der Waals surface area contributed by atoms with Crippen LogP contribution in [-0.2, 0) is 36.2 Å². The number of aromatic hydroxyl groups is 2. The third kappa shape index (κ3) is 6.00. The third-order valence-electron chi connectivity index (χ3n) is 8.38. The molecule has 6 rings (SSSR count). The van der Waals surface area contributed by atoms with Gasteiger partial charge in [0.15, 0.2) is 35.6 Å². The minimum atomic E-state index is -2.49. The van der Waals surface area contributed by atoms with E-state index in [4.69, 9.17) is 10.6 Å². The number of aliphatic carboxylic acids is 2. The highest BCUT2D eigenvalue weighted by molar-refractivity contribution is 8.00. The number of anilines is 3. The molecule has 50 heavy (non-hydrogen) atoms. The number of nitrogens with zero attached hydrogens (tertiary/aromatic N) is 5. The van der Waals surface area contributed by atoms with Gasteiger partial charge in [-0.2, -0.15) is 4.57 Å². The monoisotopic (exact) mass is 723 g/mol. The average Bonchev–Trinajstić information content (AvgIpc) is 3.64. The standard InChI is InChI=1S/C31H30N8O9S2/c1-15-34-18-7-9-38(12-19(18)37(15)2)8-3-4-16-13-49-27-24(26(43)39(27)25(16)28(44)45)36-23(42)11-33-48-31(29(46)47,22-14-50-30(32)35-22)17-5-6-20(40)21(41)10-17/h3-7,9-12,14-15,24,27H,8,13H2,1-2H3,(H7,32,33,35,36,40,41,42,44,45,46,47)/p+1. The van der Waals surface area contributed by atoms with E-state index in [2.05, 4.69) is 32.6 Å². The maximum Gasteiger partial charge on any atom is 0.362 e. The molecule has 0 bridgehead atoms. The zero-order valence-corrected chi connectivity index (χ0v) is 28.0. The number of carbonyl (C=O) groups is 4. The number of nitrogens with two attached hydrogens (primary N) is 1. The second-order valence-electron chi connectivity index (χ2n) is 11.4. The van der Waals surface area contributed by atoms with E-state index in [1.807, 2.05) is 36.2 Å². The van der Waals surface area contributed by atoms with Crippen LogP contribution in [0.25, 0.3) is 0 Å². The van der Waals surface area contributed by atoms with Crippen molar-refractivity contribution in [1.29, 1.82) is 0 Å². The van der Waals surface area contributed by atoms with Crippen molar-refractivity contribution in [3.8, 4) is 11.5 Å². The molecule has 2 aromatic heterocycles. The van der Waals surface area contributed by atoms with Gasteiger partial charge in [0.2, 0.25) is 0 Å². The number of nitrogen functional groups attached to an aromatic ring is 1. The number of carboxylic acid groups (broad SMARTS) is 2. The largest absolute Gasteiger partial charge is 0.504 e. The van der Waals surface area contributed by atoms with E-state index in [0.29, 0.717) is 18.3 Å². The molecular formula is C31H31N8O9S2+. The number of phenolic OH excluding ortho intramolecular Hbond substituents is 2. The summed E-state index contributed by atoms with van der Waals surface area (Å²) in [4.78, 5) is 63.5. The Morgan fingerprint density at radius 3 is 2.72 bits per heavy atom. The summed E-state index contributed by atoms with van der Waals surface area (Å²) in [5, 5.41) is 50.0. The number of aromatic nitrogens is 2. The normalized spacial score (nSPS) is 21.0. The average molecular weight is 724 g/mol. The molecule has 19 heteroatoms. The number of fused-ring (bicyclic) bond motifs is 2. The molecule has 5 heterocycles. The maximum absolute atomic E-state index is 13.2. The lowest BCUT2D eigenvalue weighted by Gasteiger charge is -2.49. The molecule has 260 valence electrons. The first-order valence-corrected chi connectivity index (χ1v) is 16.8. The summed E-state index contributed by atoms with van der Waals surface area (Å²) in [5.41, 5.74) is 5.12. The molecule has 1 fully saturated rings. The SMILES string of the molecule is CC1Nc2cc[n+](CC=CC3=C(C(=O)O)N4C(=O)C(NC(=O)C=NOC(C(=O)O)(c5ccc(O)c(O)c5)c5csc(N)n5)C4SC3)cc2N1C. The van der Waals surface area contributed by atoms with Crippen LogP contribution >= 0.6 is 23.1 Å². The molecule has 2 amide bonds. The smallest absolute Gasteiger partial charge is 0.362 e. The van der Waals surface area contributed by atoms with E-state index in [9.17, 15) is 39.6 Å². The number of oxime groups is 1. The molecule has 8 N–H and O–H groups in total. The van der Waals surface area contributed by atoms with E-state index >= 15 is 0 Å². The highest BCUT2D eigenvalue weighted by atomic mass is 32.2. The van der Waals surface area contributed by atoms with E-state index in [1.165, 1.54) is 17.1 Å². The Morgan fingerprint density at radius 1 is 1.26 bits per heavy atom. The van der Waals surface area contributed by atoms with Crippen LogP contribution in [0.15, 0.2) is 70.6 Å². The molecule has 0 aliphatic carbocycles. The molecule has 17 nitrogen and oxygen atoms in total. The summed E-state index contributed by atoms with van der Waals surface area (Å²) >= 11 is 2.18. The number of pyridine rings is 1. The Morgan fingerprint density at radius 2 is 2.04 bits per heavy atom. The fraction of sp³-hybridized carbons (Fsp3) is 0.258. The van der Waals surface area contributed by atoms with Crippen LogP contribution in [0.3, 0.4) is 0 Å². The Bertz CT molecular complexity index is 2000. The highest BCUT2D eigenvalue weighted by Crippen LogP contribution is 2.41. The molecule has 3 aliphatic rings. The number of thiazole rings is 1. The second-order valence-corrected chi connectivity index (χ2v) is 13.4. The van der Waals surface area contributed by atoms with Crippen LogP contribution in [0, 0.1) is 0 Å². The summed E-state index contributed by atoms with van der Waals surface area (Å²) in [6.07, 6.45) is 8.17. The molecule has 4 atom stereocenters. The maximum atomic E-state index is 13.2. The molecular weight excluding hydrogens is 693 g/mol. The number of amides is 2. The first kappa shape index (κ1) is 34.1. The number of allylic oxidation sites excluding steroid dienone is 2. The zero-order valence-electron chi connectivity index (χ0n) is 26.4. The third-order valence-corrected chi connectivity index (χ3v) is 10.4. The van der Waals surface area contributed by atoms with E-state index in [-0.39, 0.29) is 34.0 Å². The van der Waals surface area contributed by atoms with Crippen molar-refractivity contribution in [1.82, 2.24) is 15.2 Å². The van der Waals surface area contributed by atoms with Crippen LogP contribution in [0.4, 0.5) is 16.5 Å². The van der Waals surface area contributed by atoms with Crippen LogP contribution in [0.5, 0.6) is 11.5 Å². The van der Waals surface area contributed by atoms with Crippen molar-refractivity contribution >= 4 is 69.6 Å². The number of carbonyl (C=O) groups excluding carboxylic acids is 2. The lowest BCUT2D eigenvalue weighted by atomic mass is 9.90. The number of hydrogen-bond donors (Lipinski definition) is 7. The van der Waals surface area contributed by atoms with Gasteiger partial charge < -0.3 is 46.5 Å². The number of benzene rings is 1. The fourth-order valence-electron chi connectivity index (χ4n) is 5.72. The summed E-state index contributed by atoms with van der Waals surface area (Å²) < 4.78 is 1.96. The van der Waals surface area contributed by atoms with Gasteiger partial charge in [-0.15, -0.1) is 23.1 Å². The van der Waals surface area contributed by atoms with Gasteiger partial charge in [-0.25, -0.2) is 14.6 Å². The Kier molecular flexibility index (Phi) is 9.02. The number of β-lactam (4-membered cyclic amide) rings is 1. The second kappa shape index (κ2) is 13.2. The molecule has 0 saturated carbocycles. The predicted molar refractivity (Wildman–Crippen MR) is 181 cm³/mol. The fourth-order valence-corrected chi connectivity index (χ4v) is 7.64. The predicted octanol–water partition coefficient (Wildman–Crippen LogP) is 0.957. The summed E-state index contributed by atoms with van der Waals surface area (Å²) in [6, 6.07) is 4.02. The summed E-state index contributed by atoms with van der Waals surface area (Å²) in [5.74, 6) is -5.41. The Hall–Kier alpha value is -5.82. The van der Waals surface area contributed by atoms with Crippen molar-refractivity contribution in [2.45, 2.75) is 36.7 Å². The number of phenols is 2. The zero-order chi connectivity index (χ0) is 35.9. The number of thioether (sulfide) groups is 1. The molecule has 1 saturated heterocycles. The Labute approximate surface area is 292 Å². The first-order valence-electron chi connectivity index (χ1n) is 14.9. The van der Waals surface area contributed by atoms with Gasteiger partial charge in [0.1, 0.15) is 34.7 Å². The van der Waals surface area contributed by atoms with Crippen LogP contribution in [-0.4, -0.2) is 90.7 Å². The van der Waals surface area contributed by atoms with Gasteiger partial charge in [0.25, 0.3) is 11.8 Å². The van der Waals surface area contributed by atoms with Crippen LogP contribution in [0.2, 0.25) is 0 Å². The van der Waals surface area contributed by atoms with Crippen molar-refractivity contribution in [2.75, 3.05) is 28.8 Å². The summed E-state index contributed by atoms with van der Waals surface area (Å²) in [6.45, 7) is 2.51. The van der Waals surface area contributed by atoms with Crippen molar-refractivity contribution in [3.63, 3.8) is 0 Å². The molecule has 0 spiro atoms. The number of rotatable bonds is 11. The first-order chi connectivity index (χ1) is 23.8. The summed E-state index contributed by atoms with van der Waals surface area (Å²) in [7, 11) is 1.99. The molecule has 0 radical (unpaired) electrons. The number of hydrogen-bond acceptors (Lipinski definition) is 14. The number of carboxylic acids is 2. The van der Waals surface area contributed by atoms with Crippen LogP contribution in [0.1, 0.15) is 18.2 Å². The lowest BCUT2D eigenvalue weighted by Crippen LogP contribution is -2.70. The van der Waals surface area contributed by atoms with E-state index in [0.717, 1.165) is 45.8 Å². The molecule has 3 aromatic rings. The van der Waals surface area contributed by atoms with E-state index < -0.39 is 52.3 Å². The van der Waals surface area contributed by atoms with Gasteiger partial charge in [0.05, 0.1) is 11.9 Å². The Balaban J connectivity index is 1.14. The minimum absolute atomic E-state index is 0.00357. The quantitative estimate of drug-likeness (QED) is 0.0479. The van der Waals surface area contributed by atoms with Gasteiger partial charge in [0, 0.05) is 29.8 Å². The van der Waals surface area contributed by atoms with Gasteiger partial charge in [-0.3, -0.25) is 14.5 Å². The van der Waals surface area contributed by atoms with Crippen LogP contribution < -0.4 is 25.8 Å². The van der Waals surface area contributed by atoms with Crippen molar-refractivity contribution < 1.29 is 49.0 Å². The van der Waals surface area contributed by atoms with E-state index in [1.54, 1.807) is 6.08 Å². The highest BCUT2D eigenvalue weighted by Gasteiger charge is 2.54. The van der Waals surface area contributed by atoms with Gasteiger partial charge in [-0.05, 0) is 36.8 Å². The minimum Gasteiger partial charge on any atom is -0.504 e. The van der Waals surface area contributed by atoms with Crippen molar-refractivity contribution in [3.05, 3.63) is 76.7 Å².